The Labute approximate surface area is 109 Å². The molecular weight excluding hydrogens is 254 g/mol. The Morgan fingerprint density at radius 1 is 1.17 bits per heavy atom. The van der Waals surface area contributed by atoms with Gasteiger partial charge in [-0.3, -0.25) is 4.98 Å². The summed E-state index contributed by atoms with van der Waals surface area (Å²) in [4.78, 5) is 15.2. The summed E-state index contributed by atoms with van der Waals surface area (Å²) < 4.78 is 5.35. The molecule has 2 aromatic rings. The number of ether oxygens (including phenoxy) is 1. The lowest BCUT2D eigenvalue weighted by molar-refractivity contribution is 0.286. The second-order valence-corrected chi connectivity index (χ2v) is 3.89. The minimum atomic E-state index is 0.0339. The van der Waals surface area contributed by atoms with Gasteiger partial charge in [-0.15, -0.1) is 0 Å². The van der Waals surface area contributed by atoms with Gasteiger partial charge in [0.15, 0.2) is 0 Å². The van der Waals surface area contributed by atoms with Crippen LogP contribution in [-0.2, 0) is 6.42 Å². The van der Waals surface area contributed by atoms with Crippen LogP contribution in [0, 0.1) is 0 Å². The first-order valence-electron chi connectivity index (χ1n) is 5.43. The second kappa shape index (κ2) is 6.11. The molecule has 2 N–H and O–H groups in total. The monoisotopic (exact) mass is 265 g/mol. The standard InChI is InChI=1S/C11H12ClN5O/c12-9-15-10(13)17-11(16-9)18-7-1-2-8-3-5-14-6-4-8/h3-6H,1-2,7H2,(H2,13,15,16,17). The molecule has 6 nitrogen and oxygen atoms in total. The Morgan fingerprint density at radius 2 is 1.94 bits per heavy atom. The van der Waals surface area contributed by atoms with Crippen LogP contribution in [0.2, 0.25) is 5.28 Å². The first kappa shape index (κ1) is 12.5. The van der Waals surface area contributed by atoms with Gasteiger partial charge in [0.2, 0.25) is 11.2 Å². The van der Waals surface area contributed by atoms with E-state index in [9.17, 15) is 0 Å². The molecule has 2 rings (SSSR count). The smallest absolute Gasteiger partial charge is 0.322 e. The minimum absolute atomic E-state index is 0.0339. The average Bonchev–Trinajstić information content (AvgIpc) is 2.35. The molecule has 0 saturated carbocycles. The highest BCUT2D eigenvalue weighted by Gasteiger charge is 2.03. The van der Waals surface area contributed by atoms with Crippen LogP contribution in [-0.4, -0.2) is 26.5 Å². The van der Waals surface area contributed by atoms with Crippen molar-refractivity contribution in [2.75, 3.05) is 12.3 Å². The van der Waals surface area contributed by atoms with E-state index in [0.717, 1.165) is 12.8 Å². The Morgan fingerprint density at radius 3 is 2.67 bits per heavy atom. The summed E-state index contributed by atoms with van der Waals surface area (Å²) in [6.07, 6.45) is 5.27. The molecule has 0 aliphatic carbocycles. The number of nitrogens with two attached hydrogens (primary N) is 1. The lowest BCUT2D eigenvalue weighted by atomic mass is 10.1. The van der Waals surface area contributed by atoms with E-state index in [1.807, 2.05) is 12.1 Å². The summed E-state index contributed by atoms with van der Waals surface area (Å²) in [5.41, 5.74) is 6.63. The SMILES string of the molecule is Nc1nc(Cl)nc(OCCCc2ccncc2)n1. The topological polar surface area (TPSA) is 86.8 Å². The highest BCUT2D eigenvalue weighted by atomic mass is 35.5. The third kappa shape index (κ3) is 3.81. The molecule has 0 aromatic carbocycles. The molecule has 0 unspecified atom stereocenters. The molecule has 18 heavy (non-hydrogen) atoms. The van der Waals surface area contributed by atoms with Crippen molar-refractivity contribution >= 4 is 17.5 Å². The predicted molar refractivity (Wildman–Crippen MR) is 67.3 cm³/mol. The van der Waals surface area contributed by atoms with Crippen LogP contribution in [0.1, 0.15) is 12.0 Å². The molecule has 0 saturated heterocycles. The zero-order chi connectivity index (χ0) is 12.8. The molecule has 2 heterocycles. The van der Waals surface area contributed by atoms with Crippen molar-refractivity contribution in [2.45, 2.75) is 12.8 Å². The largest absolute Gasteiger partial charge is 0.463 e. The zero-order valence-corrected chi connectivity index (χ0v) is 10.3. The number of nitrogens with zero attached hydrogens (tertiary/aromatic N) is 4. The lowest BCUT2D eigenvalue weighted by Crippen LogP contribution is -2.05. The van der Waals surface area contributed by atoms with Crippen molar-refractivity contribution in [3.8, 4) is 6.01 Å². The first-order valence-corrected chi connectivity index (χ1v) is 5.80. The van der Waals surface area contributed by atoms with Gasteiger partial charge in [0, 0.05) is 12.4 Å². The van der Waals surface area contributed by atoms with Crippen molar-refractivity contribution in [3.63, 3.8) is 0 Å². The average molecular weight is 266 g/mol. The fourth-order valence-corrected chi connectivity index (χ4v) is 1.56. The molecule has 0 aliphatic heterocycles. The summed E-state index contributed by atoms with van der Waals surface area (Å²) in [5.74, 6) is 0.0548. The van der Waals surface area contributed by atoms with Gasteiger partial charge in [-0.25, -0.2) is 0 Å². The summed E-state index contributed by atoms with van der Waals surface area (Å²) >= 11 is 5.63. The highest BCUT2D eigenvalue weighted by molar-refractivity contribution is 6.28. The molecule has 0 spiro atoms. The van der Waals surface area contributed by atoms with E-state index in [1.54, 1.807) is 12.4 Å². The van der Waals surface area contributed by atoms with Crippen LogP contribution in [0.4, 0.5) is 5.95 Å². The van der Waals surface area contributed by atoms with E-state index >= 15 is 0 Å². The number of aromatic nitrogens is 4. The number of aryl methyl sites for hydroxylation is 1. The predicted octanol–water partition coefficient (Wildman–Crippen LogP) is 1.51. The maximum Gasteiger partial charge on any atom is 0.322 e. The number of hydrogen-bond acceptors (Lipinski definition) is 6. The van der Waals surface area contributed by atoms with Crippen molar-refractivity contribution in [1.82, 2.24) is 19.9 Å². The third-order valence-corrected chi connectivity index (χ3v) is 2.36. The highest BCUT2D eigenvalue weighted by Crippen LogP contribution is 2.09. The van der Waals surface area contributed by atoms with Crippen molar-refractivity contribution in [3.05, 3.63) is 35.4 Å². The maximum atomic E-state index is 5.63. The molecule has 7 heteroatoms. The number of anilines is 1. The minimum Gasteiger partial charge on any atom is -0.463 e. The number of rotatable bonds is 5. The van der Waals surface area contributed by atoms with E-state index < -0.39 is 0 Å². The van der Waals surface area contributed by atoms with Gasteiger partial charge in [-0.2, -0.15) is 15.0 Å². The molecule has 0 bridgehead atoms. The second-order valence-electron chi connectivity index (χ2n) is 3.55. The van der Waals surface area contributed by atoms with Gasteiger partial charge in [-0.1, -0.05) is 0 Å². The molecule has 94 valence electrons. The molecule has 0 radical (unpaired) electrons. The number of halogens is 1. The van der Waals surface area contributed by atoms with E-state index in [1.165, 1.54) is 5.56 Å². The van der Waals surface area contributed by atoms with Gasteiger partial charge < -0.3 is 10.5 Å². The quantitative estimate of drug-likeness (QED) is 0.825. The van der Waals surface area contributed by atoms with Gasteiger partial charge in [-0.05, 0) is 42.1 Å². The van der Waals surface area contributed by atoms with E-state index in [0.29, 0.717) is 6.61 Å². The Bertz CT molecular complexity index is 488. The fourth-order valence-electron chi connectivity index (χ4n) is 1.40. The lowest BCUT2D eigenvalue weighted by Gasteiger charge is -2.04. The summed E-state index contributed by atoms with van der Waals surface area (Å²) in [6, 6.07) is 4.09. The normalized spacial score (nSPS) is 10.3. The van der Waals surface area contributed by atoms with Crippen LogP contribution in [0.15, 0.2) is 24.5 Å². The van der Waals surface area contributed by atoms with Crippen LogP contribution in [0.5, 0.6) is 6.01 Å². The van der Waals surface area contributed by atoms with E-state index in [-0.39, 0.29) is 17.2 Å². The van der Waals surface area contributed by atoms with Crippen molar-refractivity contribution in [2.24, 2.45) is 0 Å². The summed E-state index contributed by atoms with van der Waals surface area (Å²) in [5, 5.41) is 0.0339. The van der Waals surface area contributed by atoms with E-state index in [4.69, 9.17) is 22.1 Å². The fraction of sp³-hybridized carbons (Fsp3) is 0.273. The molecule has 0 aliphatic rings. The summed E-state index contributed by atoms with van der Waals surface area (Å²) in [6.45, 7) is 0.488. The summed E-state index contributed by atoms with van der Waals surface area (Å²) in [7, 11) is 0. The number of pyridine rings is 1. The van der Waals surface area contributed by atoms with Crippen molar-refractivity contribution in [1.29, 1.82) is 0 Å². The van der Waals surface area contributed by atoms with Gasteiger partial charge in [0.1, 0.15) is 0 Å². The van der Waals surface area contributed by atoms with Crippen molar-refractivity contribution < 1.29 is 4.74 Å². The maximum absolute atomic E-state index is 5.63. The Balaban J connectivity index is 1.78. The molecule has 0 fully saturated rings. The third-order valence-electron chi connectivity index (χ3n) is 2.20. The Kier molecular flexibility index (Phi) is 4.25. The van der Waals surface area contributed by atoms with Gasteiger partial charge in [0.05, 0.1) is 6.61 Å². The van der Waals surface area contributed by atoms with Crippen LogP contribution >= 0.6 is 11.6 Å². The van der Waals surface area contributed by atoms with Gasteiger partial charge in [0.25, 0.3) is 0 Å². The van der Waals surface area contributed by atoms with Gasteiger partial charge >= 0.3 is 6.01 Å². The number of hydrogen-bond donors (Lipinski definition) is 1. The van der Waals surface area contributed by atoms with Crippen LogP contribution in [0.3, 0.4) is 0 Å². The molecule has 2 aromatic heterocycles. The Hall–Kier alpha value is -1.95. The zero-order valence-electron chi connectivity index (χ0n) is 9.58. The van der Waals surface area contributed by atoms with E-state index in [2.05, 4.69) is 19.9 Å². The van der Waals surface area contributed by atoms with Crippen LogP contribution < -0.4 is 10.5 Å². The number of nitrogen functional groups attached to an aromatic ring is 1. The molecule has 0 atom stereocenters. The van der Waals surface area contributed by atoms with Crippen LogP contribution in [0.25, 0.3) is 0 Å². The molecular formula is C11H12ClN5O. The molecule has 0 amide bonds. The first-order chi connectivity index (χ1) is 8.74.